The van der Waals surface area contributed by atoms with Crippen LogP contribution in [0.2, 0.25) is 25.7 Å². The number of fused-ring (bicyclic) bond motifs is 4. The normalized spacial score (nSPS) is 21.0. The van der Waals surface area contributed by atoms with Gasteiger partial charge in [-0.25, -0.2) is 14.8 Å². The fraction of sp³-hybridized carbons (Fsp3) is 0.526. The molecule has 2 amide bonds. The standard InChI is InChI=1S/C19H27N5O3SSi/c1-5-8-27-24-14-11-23(19(24)25)16(15-17(14)28-12-21-15)18-20-6-7-22(18)13-26-9-10-29(2,3)4/h5-7,12,14,16H,1,8-11,13H2,2-4H3/t14?,16-/m0/s1. The van der Waals surface area contributed by atoms with Crippen LogP contribution in [0, 0.1) is 0 Å². The fourth-order valence-electron chi connectivity index (χ4n) is 3.63. The fourth-order valence-corrected chi connectivity index (χ4v) is 5.28. The highest BCUT2D eigenvalue weighted by atomic mass is 32.1. The highest BCUT2D eigenvalue weighted by Gasteiger charge is 2.51. The molecule has 29 heavy (non-hydrogen) atoms. The minimum absolute atomic E-state index is 0.141. The highest BCUT2D eigenvalue weighted by molar-refractivity contribution is 7.09. The Morgan fingerprint density at radius 3 is 2.97 bits per heavy atom. The lowest BCUT2D eigenvalue weighted by Crippen LogP contribution is -2.36. The first-order chi connectivity index (χ1) is 13.9. The molecule has 0 N–H and O–H groups in total. The molecule has 2 aromatic rings. The van der Waals surface area contributed by atoms with Crippen LogP contribution in [-0.2, 0) is 16.3 Å². The largest absolute Gasteiger partial charge is 0.361 e. The van der Waals surface area contributed by atoms with Crippen LogP contribution < -0.4 is 0 Å². The van der Waals surface area contributed by atoms with Crippen LogP contribution in [0.4, 0.5) is 4.79 Å². The van der Waals surface area contributed by atoms with Gasteiger partial charge in [0.2, 0.25) is 0 Å². The Labute approximate surface area is 175 Å². The molecule has 2 aliphatic heterocycles. The molecule has 2 atom stereocenters. The third-order valence-corrected chi connectivity index (χ3v) is 7.78. The summed E-state index contributed by atoms with van der Waals surface area (Å²) in [5.74, 6) is 0.766. The van der Waals surface area contributed by atoms with Crippen molar-refractivity contribution >= 4 is 25.4 Å². The third kappa shape index (κ3) is 3.89. The molecule has 1 saturated heterocycles. The monoisotopic (exact) mass is 433 g/mol. The Morgan fingerprint density at radius 2 is 2.21 bits per heavy atom. The molecule has 10 heteroatoms. The van der Waals surface area contributed by atoms with Gasteiger partial charge in [0.05, 0.1) is 29.2 Å². The molecule has 1 unspecified atom stereocenters. The molecule has 8 nitrogen and oxygen atoms in total. The van der Waals surface area contributed by atoms with E-state index in [2.05, 4.69) is 36.2 Å². The Morgan fingerprint density at radius 1 is 1.38 bits per heavy atom. The predicted octanol–water partition coefficient (Wildman–Crippen LogP) is 3.65. The lowest BCUT2D eigenvalue weighted by Gasteiger charge is -2.29. The van der Waals surface area contributed by atoms with Crippen LogP contribution in [0.5, 0.6) is 0 Å². The van der Waals surface area contributed by atoms with Crippen LogP contribution in [0.25, 0.3) is 0 Å². The molecule has 0 spiro atoms. The molecule has 156 valence electrons. The number of imidazole rings is 1. The summed E-state index contributed by atoms with van der Waals surface area (Å²) in [7, 11) is -1.14. The van der Waals surface area contributed by atoms with Crippen LogP contribution in [0.15, 0.2) is 30.6 Å². The number of amides is 2. The molecule has 2 aromatic heterocycles. The van der Waals surface area contributed by atoms with Gasteiger partial charge in [-0.15, -0.1) is 17.9 Å². The molecule has 2 bridgehead atoms. The average Bonchev–Trinajstić information content (AvgIpc) is 3.38. The number of hydroxylamine groups is 2. The zero-order valence-corrected chi connectivity index (χ0v) is 18.9. The van der Waals surface area contributed by atoms with Gasteiger partial charge < -0.3 is 14.2 Å². The van der Waals surface area contributed by atoms with E-state index in [9.17, 15) is 4.79 Å². The van der Waals surface area contributed by atoms with Crippen LogP contribution >= 0.6 is 11.3 Å². The van der Waals surface area contributed by atoms with Gasteiger partial charge in [-0.3, -0.25) is 4.84 Å². The van der Waals surface area contributed by atoms with Gasteiger partial charge in [0.25, 0.3) is 0 Å². The van der Waals surface area contributed by atoms with Gasteiger partial charge in [-0.05, 0) is 6.04 Å². The first-order valence-electron chi connectivity index (χ1n) is 9.76. The summed E-state index contributed by atoms with van der Waals surface area (Å²) in [6.45, 7) is 12.7. The van der Waals surface area contributed by atoms with Crippen molar-refractivity contribution in [1.29, 1.82) is 0 Å². The molecule has 4 rings (SSSR count). The Bertz CT molecular complexity index is 893. The number of carbonyl (C=O) groups is 1. The molecular formula is C19H27N5O3SSi. The van der Waals surface area contributed by atoms with Crippen molar-refractivity contribution in [2.75, 3.05) is 19.8 Å². The number of nitrogens with zero attached hydrogens (tertiary/aromatic N) is 5. The zero-order chi connectivity index (χ0) is 20.6. The van der Waals surface area contributed by atoms with Crippen molar-refractivity contribution in [3.8, 4) is 0 Å². The van der Waals surface area contributed by atoms with Crippen LogP contribution in [0.3, 0.4) is 0 Å². The summed E-state index contributed by atoms with van der Waals surface area (Å²) in [6.07, 6.45) is 5.29. The number of carbonyl (C=O) groups excluding carboxylic acids is 1. The van der Waals surface area contributed by atoms with Gasteiger partial charge in [0.1, 0.15) is 24.6 Å². The van der Waals surface area contributed by atoms with Gasteiger partial charge in [-0.2, -0.15) is 5.06 Å². The van der Waals surface area contributed by atoms with Crippen LogP contribution in [0.1, 0.15) is 28.5 Å². The smallest absolute Gasteiger partial charge is 0.345 e. The Hall–Kier alpha value is -2.01. The van der Waals surface area contributed by atoms with E-state index in [0.29, 0.717) is 13.3 Å². The minimum atomic E-state index is -1.14. The van der Waals surface area contributed by atoms with Gasteiger partial charge in [0, 0.05) is 27.1 Å². The van der Waals surface area contributed by atoms with Crippen molar-refractivity contribution < 1.29 is 14.4 Å². The predicted molar refractivity (Wildman–Crippen MR) is 113 cm³/mol. The summed E-state index contributed by atoms with van der Waals surface area (Å²) in [6, 6.07) is 0.463. The summed E-state index contributed by atoms with van der Waals surface area (Å²) >= 11 is 1.55. The van der Waals surface area contributed by atoms with E-state index < -0.39 is 8.07 Å². The summed E-state index contributed by atoms with van der Waals surface area (Å²) in [5.41, 5.74) is 2.70. The van der Waals surface area contributed by atoms with E-state index in [4.69, 9.17) is 9.57 Å². The SMILES string of the molecule is C=CCON1C(=O)N2CC1c1scnc1[C@H]2c1nccn1COCC[Si](C)(C)C. The Balaban J connectivity index is 1.57. The van der Waals surface area contributed by atoms with Crippen molar-refractivity contribution in [3.05, 3.63) is 47.0 Å². The molecule has 4 heterocycles. The first-order valence-corrected chi connectivity index (χ1v) is 14.3. The van der Waals surface area contributed by atoms with Crippen molar-refractivity contribution in [2.24, 2.45) is 0 Å². The number of hydrogen-bond acceptors (Lipinski definition) is 6. The van der Waals surface area contributed by atoms with E-state index in [1.54, 1.807) is 28.5 Å². The van der Waals surface area contributed by atoms with E-state index in [1.165, 1.54) is 5.06 Å². The number of urea groups is 1. The van der Waals surface area contributed by atoms with Gasteiger partial charge >= 0.3 is 6.03 Å². The molecule has 0 aromatic carbocycles. The topological polar surface area (TPSA) is 72.7 Å². The molecule has 2 aliphatic rings. The maximum absolute atomic E-state index is 13.1. The van der Waals surface area contributed by atoms with E-state index in [-0.39, 0.29) is 24.7 Å². The summed E-state index contributed by atoms with van der Waals surface area (Å²) in [4.78, 5) is 30.7. The molecule has 0 aliphatic carbocycles. The minimum Gasteiger partial charge on any atom is -0.361 e. The summed E-state index contributed by atoms with van der Waals surface area (Å²) < 4.78 is 7.90. The lowest BCUT2D eigenvalue weighted by molar-refractivity contribution is -0.118. The molecule has 0 saturated carbocycles. The maximum Gasteiger partial charge on any atom is 0.345 e. The maximum atomic E-state index is 13.1. The Kier molecular flexibility index (Phi) is 5.60. The first kappa shape index (κ1) is 20.3. The second-order valence-corrected chi connectivity index (χ2v) is 15.0. The zero-order valence-electron chi connectivity index (χ0n) is 17.1. The second kappa shape index (κ2) is 8.02. The van der Waals surface area contributed by atoms with Gasteiger partial charge in [-0.1, -0.05) is 25.7 Å². The van der Waals surface area contributed by atoms with Gasteiger partial charge in [0.15, 0.2) is 0 Å². The quantitative estimate of drug-likeness (QED) is 0.343. The van der Waals surface area contributed by atoms with Crippen LogP contribution in [-0.4, -0.2) is 58.4 Å². The molecule has 1 fully saturated rings. The number of ether oxygens (including phenoxy) is 1. The number of hydrogen-bond donors (Lipinski definition) is 0. The lowest BCUT2D eigenvalue weighted by atomic mass is 10.0. The average molecular weight is 434 g/mol. The van der Waals surface area contributed by atoms with E-state index in [0.717, 1.165) is 29.0 Å². The number of thiazole rings is 1. The molecular weight excluding hydrogens is 406 g/mol. The third-order valence-electron chi connectivity index (χ3n) is 5.13. The molecule has 0 radical (unpaired) electrons. The van der Waals surface area contributed by atoms with Crippen molar-refractivity contribution in [3.63, 3.8) is 0 Å². The second-order valence-electron chi connectivity index (χ2n) is 8.47. The number of aromatic nitrogens is 3. The van der Waals surface area contributed by atoms with Crippen molar-refractivity contribution in [2.45, 2.75) is 44.5 Å². The van der Waals surface area contributed by atoms with Crippen molar-refractivity contribution in [1.82, 2.24) is 24.5 Å². The highest BCUT2D eigenvalue weighted by Crippen LogP contribution is 2.47. The number of rotatable bonds is 9. The van der Waals surface area contributed by atoms with E-state index >= 15 is 0 Å². The van der Waals surface area contributed by atoms with E-state index in [1.807, 2.05) is 16.3 Å². The summed E-state index contributed by atoms with van der Waals surface area (Å²) in [5, 5.41) is 1.45.